The SMILES string of the molecule is CC(=O)NC[C@@H]1CN(C[C@@H](O)c2cc(C)ccc2C)CCO1. The van der Waals surface area contributed by atoms with Crippen molar-refractivity contribution in [2.24, 2.45) is 0 Å². The zero-order valence-electron chi connectivity index (χ0n) is 13.6. The van der Waals surface area contributed by atoms with E-state index in [4.69, 9.17) is 4.74 Å². The van der Waals surface area contributed by atoms with Crippen LogP contribution in [0, 0.1) is 13.8 Å². The Morgan fingerprint density at radius 3 is 3.00 bits per heavy atom. The maximum atomic E-state index is 11.0. The number of carbonyl (C=O) groups excluding carboxylic acids is 1. The lowest BCUT2D eigenvalue weighted by atomic mass is 10.0. The Balaban J connectivity index is 1.91. The molecular formula is C17H26N2O3. The minimum atomic E-state index is -0.501. The van der Waals surface area contributed by atoms with Gasteiger partial charge in [-0.3, -0.25) is 9.69 Å². The number of nitrogens with one attached hydrogen (secondary N) is 1. The molecule has 1 aromatic rings. The molecule has 1 aromatic carbocycles. The Labute approximate surface area is 132 Å². The van der Waals surface area contributed by atoms with Gasteiger partial charge in [0.25, 0.3) is 0 Å². The molecule has 2 atom stereocenters. The summed E-state index contributed by atoms with van der Waals surface area (Å²) in [5.74, 6) is -0.0452. The molecule has 2 N–H and O–H groups in total. The molecule has 122 valence electrons. The number of benzene rings is 1. The van der Waals surface area contributed by atoms with Crippen LogP contribution in [0.15, 0.2) is 18.2 Å². The molecule has 0 saturated carbocycles. The first-order valence-electron chi connectivity index (χ1n) is 7.79. The largest absolute Gasteiger partial charge is 0.387 e. The molecule has 22 heavy (non-hydrogen) atoms. The average Bonchev–Trinajstić information content (AvgIpc) is 2.48. The average molecular weight is 306 g/mol. The topological polar surface area (TPSA) is 61.8 Å². The lowest BCUT2D eigenvalue weighted by Crippen LogP contribution is -2.48. The maximum Gasteiger partial charge on any atom is 0.216 e. The molecule has 0 bridgehead atoms. The highest BCUT2D eigenvalue weighted by Gasteiger charge is 2.23. The van der Waals surface area contributed by atoms with Gasteiger partial charge in [0.1, 0.15) is 0 Å². The summed E-state index contributed by atoms with van der Waals surface area (Å²) in [5, 5.41) is 13.3. The van der Waals surface area contributed by atoms with Crippen LogP contribution in [0.1, 0.15) is 29.7 Å². The van der Waals surface area contributed by atoms with E-state index >= 15 is 0 Å². The number of nitrogens with zero attached hydrogens (tertiary/aromatic N) is 1. The lowest BCUT2D eigenvalue weighted by molar-refractivity contribution is -0.120. The van der Waals surface area contributed by atoms with Gasteiger partial charge in [0, 0.05) is 33.1 Å². The fraction of sp³-hybridized carbons (Fsp3) is 0.588. The van der Waals surface area contributed by atoms with Crippen LogP contribution in [-0.4, -0.2) is 54.8 Å². The van der Waals surface area contributed by atoms with Crippen molar-refractivity contribution < 1.29 is 14.6 Å². The summed E-state index contributed by atoms with van der Waals surface area (Å²) >= 11 is 0. The van der Waals surface area contributed by atoms with Crippen LogP contribution in [0.2, 0.25) is 0 Å². The summed E-state index contributed by atoms with van der Waals surface area (Å²) in [4.78, 5) is 13.2. The van der Waals surface area contributed by atoms with E-state index in [1.807, 2.05) is 19.9 Å². The third-order valence-corrected chi connectivity index (χ3v) is 4.03. The van der Waals surface area contributed by atoms with Crippen LogP contribution in [0.5, 0.6) is 0 Å². The minimum absolute atomic E-state index is 0.0107. The highest BCUT2D eigenvalue weighted by molar-refractivity contribution is 5.72. The number of hydrogen-bond donors (Lipinski definition) is 2. The highest BCUT2D eigenvalue weighted by atomic mass is 16.5. The van der Waals surface area contributed by atoms with Crippen LogP contribution in [0.3, 0.4) is 0 Å². The minimum Gasteiger partial charge on any atom is -0.387 e. The number of ether oxygens (including phenoxy) is 1. The van der Waals surface area contributed by atoms with Crippen molar-refractivity contribution in [2.75, 3.05) is 32.8 Å². The van der Waals surface area contributed by atoms with Crippen molar-refractivity contribution in [2.45, 2.75) is 33.0 Å². The van der Waals surface area contributed by atoms with E-state index in [2.05, 4.69) is 22.3 Å². The predicted octanol–water partition coefficient (Wildman–Crippen LogP) is 1.17. The molecule has 1 aliphatic heterocycles. The van der Waals surface area contributed by atoms with Crippen molar-refractivity contribution in [3.05, 3.63) is 34.9 Å². The third kappa shape index (κ3) is 4.80. The van der Waals surface area contributed by atoms with Gasteiger partial charge in [-0.05, 0) is 25.0 Å². The fourth-order valence-electron chi connectivity index (χ4n) is 2.79. The second-order valence-corrected chi connectivity index (χ2v) is 6.07. The molecule has 1 amide bonds. The highest BCUT2D eigenvalue weighted by Crippen LogP contribution is 2.21. The third-order valence-electron chi connectivity index (χ3n) is 4.03. The van der Waals surface area contributed by atoms with Crippen molar-refractivity contribution in [3.63, 3.8) is 0 Å². The summed E-state index contributed by atoms with van der Waals surface area (Å²) < 4.78 is 5.65. The molecule has 0 aliphatic carbocycles. The summed E-state index contributed by atoms with van der Waals surface area (Å²) in [6, 6.07) is 6.16. The van der Waals surface area contributed by atoms with Gasteiger partial charge in [0.2, 0.25) is 5.91 Å². The molecule has 0 spiro atoms. The van der Waals surface area contributed by atoms with Crippen molar-refractivity contribution in [1.29, 1.82) is 0 Å². The van der Waals surface area contributed by atoms with E-state index in [9.17, 15) is 9.90 Å². The summed E-state index contributed by atoms with van der Waals surface area (Å²) in [6.45, 7) is 8.83. The number of rotatable bonds is 5. The van der Waals surface area contributed by atoms with E-state index < -0.39 is 6.10 Å². The zero-order chi connectivity index (χ0) is 16.1. The predicted molar refractivity (Wildman–Crippen MR) is 85.7 cm³/mol. The molecule has 2 rings (SSSR count). The van der Waals surface area contributed by atoms with Gasteiger partial charge in [0.15, 0.2) is 0 Å². The molecule has 0 radical (unpaired) electrons. The van der Waals surface area contributed by atoms with Crippen LogP contribution >= 0.6 is 0 Å². The molecule has 1 saturated heterocycles. The van der Waals surface area contributed by atoms with Crippen LogP contribution < -0.4 is 5.32 Å². The Hall–Kier alpha value is -1.43. The Morgan fingerprint density at radius 2 is 2.27 bits per heavy atom. The molecule has 1 heterocycles. The summed E-state index contributed by atoms with van der Waals surface area (Å²) in [7, 11) is 0. The smallest absolute Gasteiger partial charge is 0.216 e. The molecule has 5 nitrogen and oxygen atoms in total. The Kier molecular flexibility index (Phi) is 5.94. The maximum absolute atomic E-state index is 11.0. The van der Waals surface area contributed by atoms with Gasteiger partial charge < -0.3 is 15.2 Å². The monoisotopic (exact) mass is 306 g/mol. The van der Waals surface area contributed by atoms with Gasteiger partial charge in [-0.25, -0.2) is 0 Å². The fourth-order valence-corrected chi connectivity index (χ4v) is 2.79. The first kappa shape index (κ1) is 16.9. The lowest BCUT2D eigenvalue weighted by Gasteiger charge is -2.34. The number of aryl methyl sites for hydroxylation is 2. The van der Waals surface area contributed by atoms with E-state index in [1.54, 1.807) is 0 Å². The van der Waals surface area contributed by atoms with Gasteiger partial charge in [-0.1, -0.05) is 23.8 Å². The van der Waals surface area contributed by atoms with Gasteiger partial charge in [-0.15, -0.1) is 0 Å². The second kappa shape index (κ2) is 7.72. The quantitative estimate of drug-likeness (QED) is 0.857. The molecule has 0 aromatic heterocycles. The summed E-state index contributed by atoms with van der Waals surface area (Å²) in [6.07, 6.45) is -0.511. The number of β-amino-alcohol motifs (C(OH)–C–C–N with tert-alkyl or cyclic N) is 1. The Bertz CT molecular complexity index is 519. The molecule has 5 heteroatoms. The first-order valence-corrected chi connectivity index (χ1v) is 7.79. The zero-order valence-corrected chi connectivity index (χ0v) is 13.6. The standard InChI is InChI=1S/C17H26N2O3/c1-12-4-5-13(2)16(8-12)17(21)11-19-6-7-22-15(10-19)9-18-14(3)20/h4-5,8,15,17,21H,6-7,9-11H2,1-3H3,(H,18,20)/t15-,17-/m1/s1. The van der Waals surface area contributed by atoms with E-state index in [1.165, 1.54) is 6.92 Å². The number of aliphatic hydroxyl groups excluding tert-OH is 1. The van der Waals surface area contributed by atoms with E-state index in [0.29, 0.717) is 19.7 Å². The number of hydrogen-bond acceptors (Lipinski definition) is 4. The van der Waals surface area contributed by atoms with E-state index in [-0.39, 0.29) is 12.0 Å². The Morgan fingerprint density at radius 1 is 1.50 bits per heavy atom. The van der Waals surface area contributed by atoms with Crippen LogP contribution in [-0.2, 0) is 9.53 Å². The van der Waals surface area contributed by atoms with Gasteiger partial charge >= 0.3 is 0 Å². The normalized spacial score (nSPS) is 20.6. The van der Waals surface area contributed by atoms with E-state index in [0.717, 1.165) is 29.8 Å². The number of morpholine rings is 1. The second-order valence-electron chi connectivity index (χ2n) is 6.07. The molecule has 0 unspecified atom stereocenters. The molecule has 1 aliphatic rings. The first-order chi connectivity index (χ1) is 10.5. The molecular weight excluding hydrogens is 280 g/mol. The van der Waals surface area contributed by atoms with Crippen molar-refractivity contribution >= 4 is 5.91 Å². The van der Waals surface area contributed by atoms with Crippen LogP contribution in [0.25, 0.3) is 0 Å². The number of amides is 1. The number of carbonyl (C=O) groups is 1. The number of aliphatic hydroxyl groups is 1. The van der Waals surface area contributed by atoms with Crippen molar-refractivity contribution in [1.82, 2.24) is 10.2 Å². The van der Waals surface area contributed by atoms with Gasteiger partial charge in [-0.2, -0.15) is 0 Å². The molecule has 1 fully saturated rings. The van der Waals surface area contributed by atoms with Crippen molar-refractivity contribution in [3.8, 4) is 0 Å². The van der Waals surface area contributed by atoms with Crippen LogP contribution in [0.4, 0.5) is 0 Å². The summed E-state index contributed by atoms with van der Waals surface area (Å²) in [5.41, 5.74) is 3.26. The van der Waals surface area contributed by atoms with Gasteiger partial charge in [0.05, 0.1) is 18.8 Å².